The average Bonchev–Trinajstić information content (AvgIpc) is 2.68. The Morgan fingerprint density at radius 2 is 2.04 bits per heavy atom. The van der Waals surface area contributed by atoms with Crippen molar-refractivity contribution in [1.29, 1.82) is 0 Å². The summed E-state index contributed by atoms with van der Waals surface area (Å²) in [6.45, 7) is 3.28. The van der Waals surface area contributed by atoms with Gasteiger partial charge in [-0.2, -0.15) is 0 Å². The Morgan fingerprint density at radius 1 is 1.21 bits per heavy atom. The molecule has 1 amide bonds. The molecule has 0 unspecified atom stereocenters. The molecule has 7 heteroatoms. The van der Waals surface area contributed by atoms with E-state index in [2.05, 4.69) is 20.6 Å². The van der Waals surface area contributed by atoms with Gasteiger partial charge in [-0.25, -0.2) is 14.4 Å². The van der Waals surface area contributed by atoms with Crippen molar-refractivity contribution in [2.24, 2.45) is 5.73 Å². The molecule has 1 aliphatic rings. The lowest BCUT2D eigenvalue weighted by atomic mass is 9.85. The maximum atomic E-state index is 14.4. The molecule has 0 bridgehead atoms. The van der Waals surface area contributed by atoms with Gasteiger partial charge in [0, 0.05) is 23.9 Å². The van der Waals surface area contributed by atoms with Gasteiger partial charge in [0.15, 0.2) is 0 Å². The molecule has 0 aliphatic carbocycles. The fourth-order valence-electron chi connectivity index (χ4n) is 3.91. The zero-order valence-electron chi connectivity index (χ0n) is 15.6. The average molecular weight is 379 g/mol. The first-order valence-corrected chi connectivity index (χ1v) is 9.33. The summed E-state index contributed by atoms with van der Waals surface area (Å²) >= 11 is 0. The molecule has 1 aliphatic heterocycles. The minimum Gasteiger partial charge on any atom is -0.366 e. The van der Waals surface area contributed by atoms with E-state index in [4.69, 9.17) is 5.73 Å². The molecule has 2 heterocycles. The molecule has 0 saturated carbocycles. The van der Waals surface area contributed by atoms with Crippen LogP contribution in [0.5, 0.6) is 0 Å². The van der Waals surface area contributed by atoms with Crippen molar-refractivity contribution in [2.45, 2.75) is 25.3 Å². The molecule has 144 valence electrons. The van der Waals surface area contributed by atoms with Crippen LogP contribution in [-0.4, -0.2) is 35.0 Å². The molecule has 3 aromatic rings. The number of nitrogens with two attached hydrogens (primary N) is 1. The van der Waals surface area contributed by atoms with E-state index in [1.54, 1.807) is 25.1 Å². The number of nitrogens with zero attached hydrogens (tertiary/aromatic N) is 2. The smallest absolute Gasteiger partial charge is 0.250 e. The van der Waals surface area contributed by atoms with Crippen LogP contribution in [0.3, 0.4) is 0 Å². The standard InChI is InChI=1S/C21H22FN5O/c1-12-25-19-15(20(23)28)6-4-7-16(19)21(26-12)27-18-11-24-10-9-14(18)13-5-2-3-8-17(13)22/h2-8,14,18,24H,9-11H2,1H3,(H2,23,28)(H,25,26,27)/t14-,18+/m1/s1. The molecule has 0 radical (unpaired) electrons. The number of fused-ring (bicyclic) bond motifs is 1. The highest BCUT2D eigenvalue weighted by atomic mass is 19.1. The van der Waals surface area contributed by atoms with Crippen molar-refractivity contribution >= 4 is 22.6 Å². The largest absolute Gasteiger partial charge is 0.366 e. The molecule has 4 rings (SSSR count). The Labute approximate surface area is 162 Å². The van der Waals surface area contributed by atoms with Crippen LogP contribution in [0, 0.1) is 12.7 Å². The molecule has 1 saturated heterocycles. The van der Waals surface area contributed by atoms with Gasteiger partial charge in [-0.3, -0.25) is 4.79 Å². The fourth-order valence-corrected chi connectivity index (χ4v) is 3.91. The van der Waals surface area contributed by atoms with Gasteiger partial charge in [0.05, 0.1) is 11.1 Å². The fraction of sp³-hybridized carbons (Fsp3) is 0.286. The Hall–Kier alpha value is -3.06. The first-order valence-electron chi connectivity index (χ1n) is 9.33. The van der Waals surface area contributed by atoms with Gasteiger partial charge in [0.1, 0.15) is 17.5 Å². The number of amides is 1. The number of aryl methyl sites for hydroxylation is 1. The van der Waals surface area contributed by atoms with Crippen molar-refractivity contribution in [3.05, 3.63) is 65.2 Å². The molecule has 2 atom stereocenters. The lowest BCUT2D eigenvalue weighted by Crippen LogP contribution is -2.44. The molecule has 1 aromatic heterocycles. The maximum absolute atomic E-state index is 14.4. The van der Waals surface area contributed by atoms with Crippen molar-refractivity contribution in [3.8, 4) is 0 Å². The number of hydrogen-bond donors (Lipinski definition) is 3. The van der Waals surface area contributed by atoms with Crippen LogP contribution in [0.15, 0.2) is 42.5 Å². The number of nitrogens with one attached hydrogen (secondary N) is 2. The van der Waals surface area contributed by atoms with Crippen molar-refractivity contribution in [2.75, 3.05) is 18.4 Å². The second-order valence-electron chi connectivity index (χ2n) is 7.06. The van der Waals surface area contributed by atoms with Gasteiger partial charge in [0.25, 0.3) is 5.91 Å². The number of benzene rings is 2. The zero-order chi connectivity index (χ0) is 19.7. The summed E-state index contributed by atoms with van der Waals surface area (Å²) in [4.78, 5) is 20.8. The number of primary amides is 1. The monoisotopic (exact) mass is 379 g/mol. The van der Waals surface area contributed by atoms with Gasteiger partial charge >= 0.3 is 0 Å². The van der Waals surface area contributed by atoms with Gasteiger partial charge in [-0.05, 0) is 43.7 Å². The second-order valence-corrected chi connectivity index (χ2v) is 7.06. The summed E-state index contributed by atoms with van der Waals surface area (Å²) in [5, 5.41) is 7.56. The first-order chi connectivity index (χ1) is 13.5. The molecular formula is C21H22FN5O. The predicted molar refractivity (Wildman–Crippen MR) is 107 cm³/mol. The number of anilines is 1. The number of halogens is 1. The van der Waals surface area contributed by atoms with Gasteiger partial charge < -0.3 is 16.4 Å². The quantitative estimate of drug-likeness (QED) is 0.648. The minimum absolute atomic E-state index is 0.00657. The van der Waals surface area contributed by atoms with Crippen LogP contribution >= 0.6 is 0 Å². The number of carbonyl (C=O) groups excluding carboxylic acids is 1. The number of aromatic nitrogens is 2. The molecule has 2 aromatic carbocycles. The summed E-state index contributed by atoms with van der Waals surface area (Å²) in [5.74, 6) is 0.446. The van der Waals surface area contributed by atoms with E-state index in [0.717, 1.165) is 18.4 Å². The highest BCUT2D eigenvalue weighted by Crippen LogP contribution is 2.31. The van der Waals surface area contributed by atoms with Crippen molar-refractivity contribution in [1.82, 2.24) is 15.3 Å². The normalized spacial score (nSPS) is 19.5. The first kappa shape index (κ1) is 18.3. The highest BCUT2D eigenvalue weighted by molar-refractivity contribution is 6.07. The summed E-state index contributed by atoms with van der Waals surface area (Å²) in [6, 6.07) is 12.1. The van der Waals surface area contributed by atoms with Crippen molar-refractivity contribution in [3.63, 3.8) is 0 Å². The molecule has 28 heavy (non-hydrogen) atoms. The molecular weight excluding hydrogens is 357 g/mol. The van der Waals surface area contributed by atoms with E-state index in [9.17, 15) is 9.18 Å². The number of para-hydroxylation sites is 1. The third kappa shape index (κ3) is 3.41. The number of piperidine rings is 1. The van der Waals surface area contributed by atoms with Gasteiger partial charge in [0.2, 0.25) is 0 Å². The summed E-state index contributed by atoms with van der Waals surface area (Å²) < 4.78 is 14.4. The van der Waals surface area contributed by atoms with E-state index in [-0.39, 0.29) is 17.8 Å². The summed E-state index contributed by atoms with van der Waals surface area (Å²) in [7, 11) is 0. The van der Waals surface area contributed by atoms with Crippen molar-refractivity contribution < 1.29 is 9.18 Å². The van der Waals surface area contributed by atoms with E-state index in [1.165, 1.54) is 6.07 Å². The number of carbonyl (C=O) groups is 1. The second kappa shape index (κ2) is 7.52. The summed E-state index contributed by atoms with van der Waals surface area (Å²) in [6.07, 6.45) is 0.813. The Balaban J connectivity index is 1.75. The molecule has 1 fully saturated rings. The van der Waals surface area contributed by atoms with E-state index >= 15 is 0 Å². The number of hydrogen-bond acceptors (Lipinski definition) is 5. The maximum Gasteiger partial charge on any atom is 0.250 e. The topological polar surface area (TPSA) is 92.9 Å². The van der Waals surface area contributed by atoms with Crippen LogP contribution in [-0.2, 0) is 0 Å². The summed E-state index contributed by atoms with van der Waals surface area (Å²) in [5.41, 5.74) is 7.09. The van der Waals surface area contributed by atoms with Crippen LogP contribution in [0.25, 0.3) is 10.9 Å². The van der Waals surface area contributed by atoms with E-state index in [0.29, 0.717) is 34.8 Å². The Morgan fingerprint density at radius 3 is 2.82 bits per heavy atom. The third-order valence-corrected chi connectivity index (χ3v) is 5.21. The van der Waals surface area contributed by atoms with Gasteiger partial charge in [-0.1, -0.05) is 24.3 Å². The predicted octanol–water partition coefficient (Wildman–Crippen LogP) is 2.73. The molecule has 6 nitrogen and oxygen atoms in total. The van der Waals surface area contributed by atoms with Crippen LogP contribution in [0.1, 0.15) is 34.1 Å². The SMILES string of the molecule is Cc1nc(N[C@H]2CNCC[C@@H]2c2ccccc2F)c2cccc(C(N)=O)c2n1. The lowest BCUT2D eigenvalue weighted by molar-refractivity contribution is 0.100. The Bertz CT molecular complexity index is 1040. The highest BCUT2D eigenvalue weighted by Gasteiger charge is 2.29. The van der Waals surface area contributed by atoms with Gasteiger partial charge in [-0.15, -0.1) is 0 Å². The Kier molecular flexibility index (Phi) is 4.92. The number of rotatable bonds is 4. The molecule has 0 spiro atoms. The van der Waals surface area contributed by atoms with Crippen LogP contribution < -0.4 is 16.4 Å². The van der Waals surface area contributed by atoms with E-state index in [1.807, 2.05) is 18.2 Å². The third-order valence-electron chi connectivity index (χ3n) is 5.21. The zero-order valence-corrected chi connectivity index (χ0v) is 15.6. The van der Waals surface area contributed by atoms with Crippen LogP contribution in [0.2, 0.25) is 0 Å². The molecule has 4 N–H and O–H groups in total. The minimum atomic E-state index is -0.529. The lowest BCUT2D eigenvalue weighted by Gasteiger charge is -2.34. The van der Waals surface area contributed by atoms with E-state index < -0.39 is 5.91 Å². The van der Waals surface area contributed by atoms with Crippen LogP contribution in [0.4, 0.5) is 10.2 Å².